The molecule has 0 saturated heterocycles. The molecular weight excluding hydrogens is 305 g/mol. The van der Waals surface area contributed by atoms with Crippen molar-refractivity contribution in [3.8, 4) is 0 Å². The third kappa shape index (κ3) is 2.13. The van der Waals surface area contributed by atoms with Crippen LogP contribution in [-0.4, -0.2) is 12.5 Å². The molecular formula is C20H18FNO2. The second-order valence-corrected chi connectivity index (χ2v) is 6.19. The number of furan rings is 1. The first-order valence-corrected chi connectivity index (χ1v) is 8.18. The molecule has 3 aromatic rings. The summed E-state index contributed by atoms with van der Waals surface area (Å²) in [6.45, 7) is 4.55. The molecule has 0 spiro atoms. The molecule has 1 atom stereocenters. The van der Waals surface area contributed by atoms with E-state index in [1.54, 1.807) is 6.07 Å². The highest BCUT2D eigenvalue weighted by atomic mass is 19.1. The zero-order valence-corrected chi connectivity index (χ0v) is 13.7. The summed E-state index contributed by atoms with van der Waals surface area (Å²) in [5.74, 6) is 0.328. The lowest BCUT2D eigenvalue weighted by Crippen LogP contribution is -2.29. The number of carbonyl (C=O) groups excluding carboxylic acids is 1. The number of amides is 1. The van der Waals surface area contributed by atoms with Crippen LogP contribution in [0.3, 0.4) is 0 Å². The average molecular weight is 323 g/mol. The Morgan fingerprint density at radius 2 is 2.00 bits per heavy atom. The largest absolute Gasteiger partial charge is 0.461 e. The third-order valence-electron chi connectivity index (χ3n) is 4.87. The summed E-state index contributed by atoms with van der Waals surface area (Å²) in [6, 6.07) is 12.4. The summed E-state index contributed by atoms with van der Waals surface area (Å²) in [5.41, 5.74) is 3.59. The van der Waals surface area contributed by atoms with E-state index in [1.165, 1.54) is 12.1 Å². The Labute approximate surface area is 139 Å². The molecule has 1 aromatic heterocycles. The van der Waals surface area contributed by atoms with Crippen LogP contribution in [0.1, 0.15) is 29.7 Å². The van der Waals surface area contributed by atoms with Gasteiger partial charge in [0.1, 0.15) is 17.2 Å². The van der Waals surface area contributed by atoms with Gasteiger partial charge in [-0.2, -0.15) is 0 Å². The maximum Gasteiger partial charge on any atom is 0.235 e. The molecule has 0 fully saturated rings. The Bertz CT molecular complexity index is 944. The Balaban J connectivity index is 1.76. The van der Waals surface area contributed by atoms with Gasteiger partial charge in [0.15, 0.2) is 0 Å². The predicted molar refractivity (Wildman–Crippen MR) is 91.8 cm³/mol. The Morgan fingerprint density at radius 3 is 2.79 bits per heavy atom. The highest BCUT2D eigenvalue weighted by Gasteiger charge is 2.37. The minimum Gasteiger partial charge on any atom is -0.461 e. The third-order valence-corrected chi connectivity index (χ3v) is 4.87. The zero-order valence-electron chi connectivity index (χ0n) is 13.7. The number of carbonyl (C=O) groups is 1. The summed E-state index contributed by atoms with van der Waals surface area (Å²) in [6.07, 6.45) is 0.495. The van der Waals surface area contributed by atoms with Crippen molar-refractivity contribution < 1.29 is 13.6 Å². The maximum atomic E-state index is 13.5. The predicted octanol–water partition coefficient (Wildman–Crippen LogP) is 4.57. The quantitative estimate of drug-likeness (QED) is 0.707. The van der Waals surface area contributed by atoms with Gasteiger partial charge < -0.3 is 9.32 Å². The molecule has 1 aliphatic heterocycles. The van der Waals surface area contributed by atoms with Gasteiger partial charge in [-0.3, -0.25) is 4.79 Å². The van der Waals surface area contributed by atoms with Crippen molar-refractivity contribution in [2.24, 2.45) is 0 Å². The number of hydrogen-bond acceptors (Lipinski definition) is 2. The summed E-state index contributed by atoms with van der Waals surface area (Å²) in [7, 11) is 0. The fraction of sp³-hybridized carbons (Fsp3) is 0.250. The van der Waals surface area contributed by atoms with E-state index in [0.29, 0.717) is 18.5 Å². The number of hydrogen-bond donors (Lipinski definition) is 0. The SMILES string of the molecule is CCN1C(=O)[C@@H](Cc2oc3ccc(F)cc3c2C)c2ccccc21. The minimum atomic E-state index is -0.280. The van der Waals surface area contributed by atoms with Crippen LogP contribution in [0.5, 0.6) is 0 Å². The first-order chi connectivity index (χ1) is 11.6. The normalized spacial score (nSPS) is 16.9. The monoisotopic (exact) mass is 323 g/mol. The second-order valence-electron chi connectivity index (χ2n) is 6.19. The molecule has 0 unspecified atom stereocenters. The Hall–Kier alpha value is -2.62. The second kappa shape index (κ2) is 5.48. The van der Waals surface area contributed by atoms with Crippen molar-refractivity contribution in [1.29, 1.82) is 0 Å². The van der Waals surface area contributed by atoms with Crippen molar-refractivity contribution in [1.82, 2.24) is 0 Å². The van der Waals surface area contributed by atoms with Crippen LogP contribution < -0.4 is 4.90 Å². The zero-order chi connectivity index (χ0) is 16.8. The van der Waals surface area contributed by atoms with E-state index in [9.17, 15) is 9.18 Å². The van der Waals surface area contributed by atoms with Crippen LogP contribution >= 0.6 is 0 Å². The van der Waals surface area contributed by atoms with Crippen LogP contribution in [0.4, 0.5) is 10.1 Å². The molecule has 2 heterocycles. The summed E-state index contributed by atoms with van der Waals surface area (Å²) in [4.78, 5) is 14.6. The van der Waals surface area contributed by atoms with Crippen molar-refractivity contribution >= 4 is 22.6 Å². The van der Waals surface area contributed by atoms with Gasteiger partial charge in [0.25, 0.3) is 0 Å². The number of nitrogens with zero attached hydrogens (tertiary/aromatic N) is 1. The van der Waals surface area contributed by atoms with E-state index in [-0.39, 0.29) is 17.6 Å². The lowest BCUT2D eigenvalue weighted by atomic mass is 9.94. The van der Waals surface area contributed by atoms with Gasteiger partial charge >= 0.3 is 0 Å². The maximum absolute atomic E-state index is 13.5. The van der Waals surface area contributed by atoms with Crippen LogP contribution in [0.2, 0.25) is 0 Å². The molecule has 1 amide bonds. The number of benzene rings is 2. The van der Waals surface area contributed by atoms with Gasteiger partial charge in [0, 0.05) is 24.0 Å². The molecule has 0 bridgehead atoms. The first-order valence-electron chi connectivity index (χ1n) is 8.18. The van der Waals surface area contributed by atoms with Crippen molar-refractivity contribution in [3.05, 3.63) is 65.2 Å². The van der Waals surface area contributed by atoms with Crippen LogP contribution in [0, 0.1) is 12.7 Å². The lowest BCUT2D eigenvalue weighted by Gasteiger charge is -2.14. The molecule has 0 aliphatic carbocycles. The van der Waals surface area contributed by atoms with Crippen molar-refractivity contribution in [2.45, 2.75) is 26.2 Å². The molecule has 24 heavy (non-hydrogen) atoms. The van der Waals surface area contributed by atoms with E-state index in [4.69, 9.17) is 4.42 Å². The minimum absolute atomic E-state index is 0.102. The van der Waals surface area contributed by atoms with Crippen molar-refractivity contribution in [3.63, 3.8) is 0 Å². The van der Waals surface area contributed by atoms with Gasteiger partial charge in [-0.1, -0.05) is 18.2 Å². The van der Waals surface area contributed by atoms with Crippen molar-refractivity contribution in [2.75, 3.05) is 11.4 Å². The Morgan fingerprint density at radius 1 is 1.21 bits per heavy atom. The first kappa shape index (κ1) is 14.9. The lowest BCUT2D eigenvalue weighted by molar-refractivity contribution is -0.119. The van der Waals surface area contributed by atoms with Gasteiger partial charge in [-0.05, 0) is 49.2 Å². The number of rotatable bonds is 3. The van der Waals surface area contributed by atoms with E-state index >= 15 is 0 Å². The summed E-state index contributed by atoms with van der Waals surface area (Å²) in [5, 5.41) is 0.774. The van der Waals surface area contributed by atoms with Crippen LogP contribution in [-0.2, 0) is 11.2 Å². The molecule has 2 aromatic carbocycles. The fourth-order valence-electron chi connectivity index (χ4n) is 3.62. The number of anilines is 1. The van der Waals surface area contributed by atoms with Crippen LogP contribution in [0.15, 0.2) is 46.9 Å². The molecule has 1 aliphatic rings. The average Bonchev–Trinajstić information content (AvgIpc) is 3.03. The van der Waals surface area contributed by atoms with Gasteiger partial charge in [-0.25, -0.2) is 4.39 Å². The topological polar surface area (TPSA) is 33.5 Å². The highest BCUT2D eigenvalue weighted by Crippen LogP contribution is 2.40. The molecule has 4 rings (SSSR count). The van der Waals surface area contributed by atoms with E-state index in [1.807, 2.05) is 43.0 Å². The number of halogens is 1. The summed E-state index contributed by atoms with van der Waals surface area (Å²) < 4.78 is 19.4. The van der Waals surface area contributed by atoms with E-state index in [0.717, 1.165) is 28.0 Å². The molecule has 0 radical (unpaired) electrons. The number of likely N-dealkylation sites (N-methyl/N-ethyl adjacent to an activating group) is 1. The molecule has 0 N–H and O–H groups in total. The van der Waals surface area contributed by atoms with E-state index < -0.39 is 0 Å². The van der Waals surface area contributed by atoms with Gasteiger partial charge in [0.05, 0.1) is 5.92 Å². The number of aryl methyl sites for hydroxylation is 1. The standard InChI is InChI=1S/C20H18FNO2/c1-3-22-17-7-5-4-6-14(17)16(20(22)23)11-19-12(2)15-10-13(21)8-9-18(15)24-19/h4-10,16H,3,11H2,1-2H3/t16-/m0/s1. The highest BCUT2D eigenvalue weighted by molar-refractivity contribution is 6.05. The molecule has 4 heteroatoms. The smallest absolute Gasteiger partial charge is 0.235 e. The number of para-hydroxylation sites is 1. The van der Waals surface area contributed by atoms with Gasteiger partial charge in [-0.15, -0.1) is 0 Å². The summed E-state index contributed by atoms with van der Waals surface area (Å²) >= 11 is 0. The molecule has 3 nitrogen and oxygen atoms in total. The Kier molecular flexibility index (Phi) is 3.41. The number of fused-ring (bicyclic) bond motifs is 2. The fourth-order valence-corrected chi connectivity index (χ4v) is 3.62. The van der Waals surface area contributed by atoms with E-state index in [2.05, 4.69) is 0 Å². The molecule has 122 valence electrons. The molecule has 0 saturated carbocycles. The van der Waals surface area contributed by atoms with Crippen LogP contribution in [0.25, 0.3) is 11.0 Å². The van der Waals surface area contributed by atoms with Gasteiger partial charge in [0.2, 0.25) is 5.91 Å².